The first-order valence-corrected chi connectivity index (χ1v) is 9.45. The van der Waals surface area contributed by atoms with Crippen molar-refractivity contribution in [2.45, 2.75) is 24.8 Å². The van der Waals surface area contributed by atoms with Crippen LogP contribution in [-0.4, -0.2) is 38.0 Å². The van der Waals surface area contributed by atoms with Gasteiger partial charge in [0.1, 0.15) is 11.9 Å². The summed E-state index contributed by atoms with van der Waals surface area (Å²) < 4.78 is 11.3. The predicted molar refractivity (Wildman–Crippen MR) is 103 cm³/mol. The Kier molecular flexibility index (Phi) is 5.35. The van der Waals surface area contributed by atoms with Crippen LogP contribution >= 0.6 is 0 Å². The van der Waals surface area contributed by atoms with Crippen molar-refractivity contribution in [3.05, 3.63) is 47.2 Å². The standard InChI is InChI=1S/C21H24N4O2/c22-11-16-9-17(12-25-21(16)23)15-1-2-18(14-3-6-26-7-4-14)19(10-15)20-13-27-8-5-24-20/h1-2,9-10,12,14,20,24H,3-8,13H2,(H2,23,25)/t20-/m0/s1. The highest BCUT2D eigenvalue weighted by Crippen LogP contribution is 2.36. The van der Waals surface area contributed by atoms with E-state index in [1.807, 2.05) is 0 Å². The van der Waals surface area contributed by atoms with Gasteiger partial charge in [-0.3, -0.25) is 0 Å². The Morgan fingerprint density at radius 1 is 1.07 bits per heavy atom. The molecule has 2 aliphatic heterocycles. The summed E-state index contributed by atoms with van der Waals surface area (Å²) in [5.74, 6) is 0.772. The summed E-state index contributed by atoms with van der Waals surface area (Å²) in [6, 6.07) is 10.6. The summed E-state index contributed by atoms with van der Waals surface area (Å²) >= 11 is 0. The molecule has 1 atom stereocenters. The summed E-state index contributed by atoms with van der Waals surface area (Å²) in [5, 5.41) is 12.8. The van der Waals surface area contributed by atoms with Gasteiger partial charge < -0.3 is 20.5 Å². The van der Waals surface area contributed by atoms with Crippen LogP contribution in [0.5, 0.6) is 0 Å². The van der Waals surface area contributed by atoms with Gasteiger partial charge in [-0.05, 0) is 47.6 Å². The number of pyridine rings is 1. The molecule has 1 aromatic heterocycles. The van der Waals surface area contributed by atoms with Crippen LogP contribution in [0, 0.1) is 11.3 Å². The Labute approximate surface area is 159 Å². The second kappa shape index (κ2) is 8.05. The van der Waals surface area contributed by atoms with E-state index in [-0.39, 0.29) is 11.9 Å². The maximum absolute atomic E-state index is 9.25. The van der Waals surface area contributed by atoms with E-state index in [0.717, 1.165) is 50.3 Å². The molecular formula is C21H24N4O2. The molecule has 1 aromatic carbocycles. The fourth-order valence-electron chi connectivity index (χ4n) is 3.92. The monoisotopic (exact) mass is 364 g/mol. The summed E-state index contributed by atoms with van der Waals surface area (Å²) in [6.07, 6.45) is 3.82. The van der Waals surface area contributed by atoms with Gasteiger partial charge in [-0.1, -0.05) is 12.1 Å². The highest BCUT2D eigenvalue weighted by molar-refractivity contribution is 5.68. The van der Waals surface area contributed by atoms with Crippen molar-refractivity contribution in [1.29, 1.82) is 5.26 Å². The molecule has 2 fully saturated rings. The highest BCUT2D eigenvalue weighted by atomic mass is 16.5. The molecular weight excluding hydrogens is 340 g/mol. The third-order valence-electron chi connectivity index (χ3n) is 5.42. The number of anilines is 1. The molecule has 27 heavy (non-hydrogen) atoms. The second-order valence-electron chi connectivity index (χ2n) is 7.08. The number of nitrogens with one attached hydrogen (secondary N) is 1. The van der Waals surface area contributed by atoms with E-state index in [4.69, 9.17) is 15.2 Å². The largest absolute Gasteiger partial charge is 0.383 e. The van der Waals surface area contributed by atoms with Crippen molar-refractivity contribution in [2.24, 2.45) is 0 Å². The molecule has 4 rings (SSSR count). The van der Waals surface area contributed by atoms with Gasteiger partial charge in [-0.2, -0.15) is 5.26 Å². The average molecular weight is 364 g/mol. The van der Waals surface area contributed by atoms with Gasteiger partial charge in [-0.25, -0.2) is 4.98 Å². The number of hydrogen-bond donors (Lipinski definition) is 2. The van der Waals surface area contributed by atoms with Crippen molar-refractivity contribution < 1.29 is 9.47 Å². The van der Waals surface area contributed by atoms with Crippen LogP contribution in [0.4, 0.5) is 5.82 Å². The normalized spacial score (nSPS) is 20.9. The Morgan fingerprint density at radius 2 is 1.93 bits per heavy atom. The molecule has 0 aliphatic carbocycles. The minimum atomic E-state index is 0.175. The Bertz CT molecular complexity index is 850. The molecule has 0 radical (unpaired) electrons. The van der Waals surface area contributed by atoms with E-state index in [1.54, 1.807) is 12.3 Å². The molecule has 6 nitrogen and oxygen atoms in total. The van der Waals surface area contributed by atoms with E-state index in [2.05, 4.69) is 34.6 Å². The van der Waals surface area contributed by atoms with Crippen LogP contribution in [-0.2, 0) is 9.47 Å². The number of ether oxygens (including phenoxy) is 2. The third-order valence-corrected chi connectivity index (χ3v) is 5.42. The lowest BCUT2D eigenvalue weighted by Crippen LogP contribution is -2.35. The zero-order valence-electron chi connectivity index (χ0n) is 15.3. The van der Waals surface area contributed by atoms with E-state index < -0.39 is 0 Å². The molecule has 2 aromatic rings. The zero-order chi connectivity index (χ0) is 18.6. The van der Waals surface area contributed by atoms with E-state index >= 15 is 0 Å². The first-order valence-electron chi connectivity index (χ1n) is 9.45. The van der Waals surface area contributed by atoms with Crippen molar-refractivity contribution in [3.8, 4) is 17.2 Å². The SMILES string of the molecule is N#Cc1cc(-c2ccc(C3CCOCC3)c([C@@H]3COCCN3)c2)cnc1N. The van der Waals surface area contributed by atoms with Gasteiger partial charge in [0.25, 0.3) is 0 Å². The summed E-state index contributed by atoms with van der Waals surface area (Å²) in [5.41, 5.74) is 10.8. The average Bonchev–Trinajstić information content (AvgIpc) is 2.75. The molecule has 3 N–H and O–H groups in total. The number of benzene rings is 1. The van der Waals surface area contributed by atoms with Crippen LogP contribution in [0.2, 0.25) is 0 Å². The van der Waals surface area contributed by atoms with Crippen molar-refractivity contribution in [3.63, 3.8) is 0 Å². The zero-order valence-corrected chi connectivity index (χ0v) is 15.3. The number of nitrogen functional groups attached to an aromatic ring is 1. The molecule has 3 heterocycles. The fraction of sp³-hybridized carbons (Fsp3) is 0.429. The van der Waals surface area contributed by atoms with Gasteiger partial charge in [0.15, 0.2) is 0 Å². The summed E-state index contributed by atoms with van der Waals surface area (Å²) in [7, 11) is 0. The smallest absolute Gasteiger partial charge is 0.141 e. The highest BCUT2D eigenvalue weighted by Gasteiger charge is 2.25. The number of rotatable bonds is 3. The molecule has 140 valence electrons. The first kappa shape index (κ1) is 17.9. The first-order chi connectivity index (χ1) is 13.3. The number of nitriles is 1. The fourth-order valence-corrected chi connectivity index (χ4v) is 3.92. The van der Waals surface area contributed by atoms with Crippen molar-refractivity contribution in [1.82, 2.24) is 10.3 Å². The molecule has 0 saturated carbocycles. The lowest BCUT2D eigenvalue weighted by atomic mass is 9.84. The van der Waals surface area contributed by atoms with Crippen LogP contribution in [0.1, 0.15) is 41.5 Å². The summed E-state index contributed by atoms with van der Waals surface area (Å²) in [6.45, 7) is 3.89. The van der Waals surface area contributed by atoms with Crippen molar-refractivity contribution in [2.75, 3.05) is 38.7 Å². The maximum atomic E-state index is 9.25. The minimum Gasteiger partial charge on any atom is -0.383 e. The molecule has 0 spiro atoms. The molecule has 2 saturated heterocycles. The Morgan fingerprint density at radius 3 is 2.67 bits per heavy atom. The van der Waals surface area contributed by atoms with Gasteiger partial charge in [-0.15, -0.1) is 0 Å². The van der Waals surface area contributed by atoms with E-state index in [9.17, 15) is 5.26 Å². The van der Waals surface area contributed by atoms with Gasteiger partial charge in [0.2, 0.25) is 0 Å². The van der Waals surface area contributed by atoms with E-state index in [0.29, 0.717) is 18.1 Å². The number of nitrogens with two attached hydrogens (primary N) is 1. The summed E-state index contributed by atoms with van der Waals surface area (Å²) in [4.78, 5) is 4.18. The van der Waals surface area contributed by atoms with Gasteiger partial charge >= 0.3 is 0 Å². The van der Waals surface area contributed by atoms with Crippen LogP contribution in [0.25, 0.3) is 11.1 Å². The molecule has 0 unspecified atom stereocenters. The number of nitrogens with zero attached hydrogens (tertiary/aromatic N) is 2. The number of aromatic nitrogens is 1. The van der Waals surface area contributed by atoms with Gasteiger partial charge in [0, 0.05) is 31.5 Å². The van der Waals surface area contributed by atoms with Crippen molar-refractivity contribution >= 4 is 5.82 Å². The van der Waals surface area contributed by atoms with Crippen LogP contribution in [0.15, 0.2) is 30.5 Å². The lowest BCUT2D eigenvalue weighted by Gasteiger charge is -2.31. The number of hydrogen-bond acceptors (Lipinski definition) is 6. The molecule has 0 bridgehead atoms. The minimum absolute atomic E-state index is 0.175. The van der Waals surface area contributed by atoms with Crippen LogP contribution < -0.4 is 11.1 Å². The molecule has 6 heteroatoms. The Hall–Kier alpha value is -2.46. The lowest BCUT2D eigenvalue weighted by molar-refractivity contribution is 0.0740. The third kappa shape index (κ3) is 3.81. The van der Waals surface area contributed by atoms with Crippen LogP contribution in [0.3, 0.4) is 0 Å². The maximum Gasteiger partial charge on any atom is 0.141 e. The second-order valence-corrected chi connectivity index (χ2v) is 7.08. The van der Waals surface area contributed by atoms with E-state index in [1.165, 1.54) is 11.1 Å². The molecule has 0 amide bonds. The Balaban J connectivity index is 1.74. The van der Waals surface area contributed by atoms with Gasteiger partial charge in [0.05, 0.1) is 24.8 Å². The number of morpholine rings is 1. The quantitative estimate of drug-likeness (QED) is 0.870. The predicted octanol–water partition coefficient (Wildman–Crippen LogP) is 2.76. The topological polar surface area (TPSA) is 93.2 Å². The molecule has 2 aliphatic rings.